The minimum atomic E-state index is -4.24. The zero-order chi connectivity index (χ0) is 30.6. The van der Waals surface area contributed by atoms with Crippen LogP contribution < -0.4 is 10.2 Å². The van der Waals surface area contributed by atoms with Gasteiger partial charge in [-0.1, -0.05) is 18.6 Å². The molecule has 0 radical (unpaired) electrons. The second-order valence-corrected chi connectivity index (χ2v) is 11.3. The van der Waals surface area contributed by atoms with E-state index in [1.165, 1.54) is 0 Å². The van der Waals surface area contributed by atoms with Gasteiger partial charge in [0.1, 0.15) is 5.58 Å². The van der Waals surface area contributed by atoms with Crippen molar-refractivity contribution in [3.05, 3.63) is 95.5 Å². The second-order valence-electron chi connectivity index (χ2n) is 11.3. The highest BCUT2D eigenvalue weighted by atomic mass is 19.4. The van der Waals surface area contributed by atoms with E-state index in [1.807, 2.05) is 25.1 Å². The third-order valence-corrected chi connectivity index (χ3v) is 7.98. The van der Waals surface area contributed by atoms with Crippen molar-refractivity contribution in [2.45, 2.75) is 45.3 Å². The molecule has 43 heavy (non-hydrogen) atoms. The quantitative estimate of drug-likeness (QED) is 0.285. The van der Waals surface area contributed by atoms with E-state index >= 15 is 0 Å². The van der Waals surface area contributed by atoms with Gasteiger partial charge < -0.3 is 19.5 Å². The molecule has 4 aromatic rings. The molecule has 1 N–H and O–H groups in total. The normalized spacial score (nSPS) is 17.5. The maximum atomic E-state index is 12.5. The Bertz CT molecular complexity index is 1550. The van der Waals surface area contributed by atoms with Crippen LogP contribution in [0.5, 0.6) is 0 Å². The molecule has 2 amide bonds. The Labute approximate surface area is 248 Å². The number of aromatic nitrogens is 1. The van der Waals surface area contributed by atoms with Crippen LogP contribution >= 0.6 is 0 Å². The lowest BCUT2D eigenvalue weighted by atomic mass is 9.99. The topological polar surface area (TPSA) is 78.7 Å². The molecule has 7 nitrogen and oxygen atoms in total. The third kappa shape index (κ3) is 7.55. The van der Waals surface area contributed by atoms with Crippen LogP contribution in [0.1, 0.15) is 58.2 Å². The van der Waals surface area contributed by atoms with Crippen LogP contribution in [0.2, 0.25) is 0 Å². The van der Waals surface area contributed by atoms with E-state index in [0.717, 1.165) is 67.0 Å². The summed E-state index contributed by atoms with van der Waals surface area (Å²) in [4.78, 5) is 32.8. The number of piperidine rings is 1. The van der Waals surface area contributed by atoms with Gasteiger partial charge >= 0.3 is 6.18 Å². The van der Waals surface area contributed by atoms with Gasteiger partial charge in [0, 0.05) is 61.3 Å². The van der Waals surface area contributed by atoms with Crippen molar-refractivity contribution in [3.8, 4) is 0 Å². The van der Waals surface area contributed by atoms with E-state index in [9.17, 15) is 22.8 Å². The minimum Gasteiger partial charge on any atom is -0.451 e. The van der Waals surface area contributed by atoms with Crippen molar-refractivity contribution < 1.29 is 27.2 Å². The number of aryl methyl sites for hydroxylation is 1. The van der Waals surface area contributed by atoms with Crippen LogP contribution in [0, 0.1) is 12.8 Å². The molecule has 2 aliphatic heterocycles. The van der Waals surface area contributed by atoms with Crippen LogP contribution in [0.25, 0.3) is 11.0 Å². The number of halogens is 3. The smallest absolute Gasteiger partial charge is 0.416 e. The first-order valence-corrected chi connectivity index (χ1v) is 14.5. The van der Waals surface area contributed by atoms with Crippen molar-refractivity contribution in [1.82, 2.24) is 15.2 Å². The fourth-order valence-electron chi connectivity index (χ4n) is 5.40. The summed E-state index contributed by atoms with van der Waals surface area (Å²) < 4.78 is 42.8. The number of fused-ring (bicyclic) bond motifs is 1. The molecule has 6 rings (SSSR count). The van der Waals surface area contributed by atoms with E-state index in [2.05, 4.69) is 22.1 Å². The summed E-state index contributed by atoms with van der Waals surface area (Å²) in [7, 11) is 0. The van der Waals surface area contributed by atoms with Gasteiger partial charge in [0.15, 0.2) is 5.76 Å². The van der Waals surface area contributed by atoms with E-state index < -0.39 is 11.7 Å². The molecule has 226 valence electrons. The molecule has 0 saturated carbocycles. The second kappa shape index (κ2) is 12.9. The average Bonchev–Trinajstić information content (AvgIpc) is 3.65. The van der Waals surface area contributed by atoms with E-state index in [0.29, 0.717) is 30.0 Å². The summed E-state index contributed by atoms with van der Waals surface area (Å²) in [6.07, 6.45) is 1.91. The standard InChI is InChI=1S/C20H19N3O3.C13H16F3N/c1-13-2-3-17-15(10-13)11-18(26-17)19(24)22-16-6-9-23(12-16)20(25)14-4-7-21-8-5-14;1-10-6-8-17(9-7-10)12-4-2-11(3-5-12)13(14,15)16/h2-5,7-8,10-11,16H,6,9,12H2,1H3,(H,22,24);2-5,10H,6-9H2,1H3/t16-;/m1./s1. The Morgan fingerprint density at radius 1 is 0.930 bits per heavy atom. The number of amides is 2. The Morgan fingerprint density at radius 3 is 2.30 bits per heavy atom. The number of benzene rings is 2. The number of carbonyl (C=O) groups is 2. The molecule has 1 atom stereocenters. The summed E-state index contributed by atoms with van der Waals surface area (Å²) in [6, 6.07) is 16.3. The SMILES string of the molecule is CC1CCN(c2ccc(C(F)(F)F)cc2)CC1.Cc1ccc2oc(C(=O)N[C@@H]3CCN(C(=O)c4ccncc4)C3)cc2c1. The van der Waals surface area contributed by atoms with E-state index in [1.54, 1.807) is 47.6 Å². The Hall–Kier alpha value is -4.34. The number of pyridine rings is 1. The zero-order valence-electron chi connectivity index (χ0n) is 24.2. The number of alkyl halides is 3. The highest BCUT2D eigenvalue weighted by Crippen LogP contribution is 2.31. The molecule has 0 bridgehead atoms. The molecule has 4 heterocycles. The molecule has 0 unspecified atom stereocenters. The van der Waals surface area contributed by atoms with Crippen molar-refractivity contribution in [1.29, 1.82) is 0 Å². The molecule has 2 fully saturated rings. The van der Waals surface area contributed by atoms with Gasteiger partial charge in [-0.2, -0.15) is 13.2 Å². The number of carbonyl (C=O) groups excluding carboxylic acids is 2. The fourth-order valence-corrected chi connectivity index (χ4v) is 5.40. The molecule has 0 spiro atoms. The number of likely N-dealkylation sites (tertiary alicyclic amines) is 1. The highest BCUT2D eigenvalue weighted by Gasteiger charge is 2.31. The summed E-state index contributed by atoms with van der Waals surface area (Å²) in [5, 5.41) is 3.88. The van der Waals surface area contributed by atoms with Gasteiger partial charge in [-0.3, -0.25) is 14.6 Å². The predicted octanol–water partition coefficient (Wildman–Crippen LogP) is 6.72. The fraction of sp³-hybridized carbons (Fsp3) is 0.364. The first kappa shape index (κ1) is 30.1. The highest BCUT2D eigenvalue weighted by molar-refractivity contribution is 5.97. The van der Waals surface area contributed by atoms with Gasteiger partial charge in [-0.15, -0.1) is 0 Å². The van der Waals surface area contributed by atoms with Crippen molar-refractivity contribution >= 4 is 28.5 Å². The van der Waals surface area contributed by atoms with Crippen molar-refractivity contribution in [2.75, 3.05) is 31.1 Å². The molecule has 0 aliphatic carbocycles. The number of anilines is 1. The predicted molar refractivity (Wildman–Crippen MR) is 159 cm³/mol. The summed E-state index contributed by atoms with van der Waals surface area (Å²) in [5.74, 6) is 0.732. The van der Waals surface area contributed by atoms with Crippen LogP contribution in [0.3, 0.4) is 0 Å². The number of hydrogen-bond donors (Lipinski definition) is 1. The first-order valence-electron chi connectivity index (χ1n) is 14.5. The van der Waals surface area contributed by atoms with Gasteiger partial charge in [0.2, 0.25) is 0 Å². The number of hydrogen-bond acceptors (Lipinski definition) is 5. The summed E-state index contributed by atoms with van der Waals surface area (Å²) in [6.45, 7) is 7.19. The lowest BCUT2D eigenvalue weighted by Gasteiger charge is -2.32. The Morgan fingerprint density at radius 2 is 1.63 bits per heavy atom. The molecular weight excluding hydrogens is 557 g/mol. The van der Waals surface area contributed by atoms with Crippen molar-refractivity contribution in [3.63, 3.8) is 0 Å². The Kier molecular flexibility index (Phi) is 9.03. The molecule has 2 saturated heterocycles. The van der Waals surface area contributed by atoms with Gasteiger partial charge in [0.25, 0.3) is 11.8 Å². The summed E-state index contributed by atoms with van der Waals surface area (Å²) in [5.41, 5.74) is 2.74. The number of nitrogens with one attached hydrogen (secondary N) is 1. The first-order chi connectivity index (χ1) is 20.6. The molecule has 2 aliphatic rings. The zero-order valence-corrected chi connectivity index (χ0v) is 24.2. The van der Waals surface area contributed by atoms with Gasteiger partial charge in [-0.05, 0) is 86.7 Å². The Balaban J connectivity index is 0.000000188. The van der Waals surface area contributed by atoms with Crippen LogP contribution in [-0.2, 0) is 6.18 Å². The third-order valence-electron chi connectivity index (χ3n) is 7.98. The lowest BCUT2D eigenvalue weighted by Crippen LogP contribution is -2.38. The molecule has 2 aromatic carbocycles. The summed E-state index contributed by atoms with van der Waals surface area (Å²) >= 11 is 0. The van der Waals surface area contributed by atoms with E-state index in [-0.39, 0.29) is 17.9 Å². The van der Waals surface area contributed by atoms with E-state index in [4.69, 9.17) is 4.42 Å². The average molecular weight is 593 g/mol. The number of rotatable bonds is 4. The largest absolute Gasteiger partial charge is 0.451 e. The monoisotopic (exact) mass is 592 g/mol. The number of nitrogens with zero attached hydrogens (tertiary/aromatic N) is 3. The van der Waals surface area contributed by atoms with Crippen LogP contribution in [0.15, 0.2) is 77.5 Å². The molecular formula is C33H35F3N4O3. The molecule has 10 heteroatoms. The van der Waals surface area contributed by atoms with Gasteiger partial charge in [-0.25, -0.2) is 0 Å². The lowest BCUT2D eigenvalue weighted by molar-refractivity contribution is -0.137. The minimum absolute atomic E-state index is 0.0386. The maximum Gasteiger partial charge on any atom is 0.416 e. The maximum absolute atomic E-state index is 12.5. The molecule has 2 aromatic heterocycles. The van der Waals surface area contributed by atoms with Gasteiger partial charge in [0.05, 0.1) is 5.56 Å². The van der Waals surface area contributed by atoms with Crippen LogP contribution in [-0.4, -0.2) is 53.9 Å². The van der Waals surface area contributed by atoms with Crippen molar-refractivity contribution in [2.24, 2.45) is 5.92 Å². The number of furan rings is 1. The van der Waals surface area contributed by atoms with Crippen LogP contribution in [0.4, 0.5) is 18.9 Å².